The molecule has 0 aliphatic rings. The lowest BCUT2D eigenvalue weighted by molar-refractivity contribution is 1.49. The number of allylic oxidation sites excluding steroid dienone is 1. The van der Waals surface area contributed by atoms with Gasteiger partial charge < -0.3 is 0 Å². The topological polar surface area (TPSA) is 0 Å². The number of hydrogen-bond donors (Lipinski definition) is 0. The molecule has 2 aromatic carbocycles. The summed E-state index contributed by atoms with van der Waals surface area (Å²) in [6.07, 6.45) is 6.38. The van der Waals surface area contributed by atoms with Gasteiger partial charge in [-0.2, -0.15) is 0 Å². The molecule has 0 N–H and O–H groups in total. The van der Waals surface area contributed by atoms with Crippen LogP contribution in [0.15, 0.2) is 30.3 Å². The van der Waals surface area contributed by atoms with Gasteiger partial charge in [-0.1, -0.05) is 76.8 Å². The van der Waals surface area contributed by atoms with Crippen molar-refractivity contribution < 1.29 is 0 Å². The summed E-state index contributed by atoms with van der Waals surface area (Å²) in [6, 6.07) is 8.61. The average molecular weight is 282 g/mol. The molecular formula is C21H30. The van der Waals surface area contributed by atoms with Crippen molar-refractivity contribution in [3.05, 3.63) is 51.9 Å². The van der Waals surface area contributed by atoms with Crippen molar-refractivity contribution in [3.8, 4) is 0 Å². The summed E-state index contributed by atoms with van der Waals surface area (Å²) < 4.78 is 0. The van der Waals surface area contributed by atoms with Gasteiger partial charge in [0.1, 0.15) is 0 Å². The minimum absolute atomic E-state index is 1.10. The van der Waals surface area contributed by atoms with Gasteiger partial charge in [0.15, 0.2) is 0 Å². The fourth-order valence-electron chi connectivity index (χ4n) is 2.36. The highest BCUT2D eigenvalue weighted by Crippen LogP contribution is 2.17. The molecule has 0 bridgehead atoms. The van der Waals surface area contributed by atoms with Crippen molar-refractivity contribution in [2.75, 3.05) is 0 Å². The zero-order valence-electron chi connectivity index (χ0n) is 14.7. The van der Waals surface area contributed by atoms with Crippen LogP contribution in [-0.2, 0) is 0 Å². The summed E-state index contributed by atoms with van der Waals surface area (Å²) in [5.41, 5.74) is 2.56. The summed E-state index contributed by atoms with van der Waals surface area (Å²) in [7, 11) is 0. The molecule has 0 aliphatic carbocycles. The molecule has 0 saturated carbocycles. The molecule has 0 radical (unpaired) electrons. The Bertz CT molecular complexity index is 688. The number of benzene rings is 2. The van der Waals surface area contributed by atoms with E-state index in [1.54, 1.807) is 0 Å². The molecule has 0 unspecified atom stereocenters. The fourth-order valence-corrected chi connectivity index (χ4v) is 2.36. The molecule has 0 amide bonds. The first-order valence-corrected chi connectivity index (χ1v) is 7.99. The largest absolute Gasteiger partial charge is 0.0911 e. The van der Waals surface area contributed by atoms with Gasteiger partial charge >= 0.3 is 0 Å². The maximum Gasteiger partial charge on any atom is -0.00363 e. The van der Waals surface area contributed by atoms with Crippen LogP contribution in [0.4, 0.5) is 0 Å². The van der Waals surface area contributed by atoms with Gasteiger partial charge in [-0.3, -0.25) is 0 Å². The second kappa shape index (κ2) is 9.99. The van der Waals surface area contributed by atoms with Crippen LogP contribution >= 0.6 is 0 Å². The Hall–Kier alpha value is -1.82. The highest BCUT2D eigenvalue weighted by atomic mass is 14.1. The number of aryl methyl sites for hydroxylation is 1. The maximum absolute atomic E-state index is 4.16. The van der Waals surface area contributed by atoms with Gasteiger partial charge in [-0.15, -0.1) is 0 Å². The molecule has 0 heteroatoms. The molecular weight excluding hydrogens is 252 g/mol. The smallest absolute Gasteiger partial charge is 0.00363 e. The van der Waals surface area contributed by atoms with Crippen LogP contribution in [-0.4, -0.2) is 0 Å². The van der Waals surface area contributed by atoms with E-state index >= 15 is 0 Å². The molecule has 2 aromatic rings. The predicted molar refractivity (Wildman–Crippen MR) is 101 cm³/mol. The third-order valence-electron chi connectivity index (χ3n) is 3.18. The SMILES string of the molecule is C=c1cc/c(=C/C)c2c(C)ccc(/C=C\C)c12.CC.CC. The van der Waals surface area contributed by atoms with Gasteiger partial charge in [0.05, 0.1) is 0 Å². The molecule has 0 aromatic heterocycles. The van der Waals surface area contributed by atoms with Crippen molar-refractivity contribution in [1.29, 1.82) is 0 Å². The lowest BCUT2D eigenvalue weighted by Crippen LogP contribution is -2.12. The summed E-state index contributed by atoms with van der Waals surface area (Å²) in [5, 5.41) is 4.99. The second-order valence-electron chi connectivity index (χ2n) is 4.32. The first-order chi connectivity index (χ1) is 10.2. The lowest BCUT2D eigenvalue weighted by Gasteiger charge is -2.08. The van der Waals surface area contributed by atoms with E-state index in [-0.39, 0.29) is 0 Å². The van der Waals surface area contributed by atoms with Crippen LogP contribution in [0.5, 0.6) is 0 Å². The Morgan fingerprint density at radius 1 is 0.857 bits per heavy atom. The molecule has 0 heterocycles. The van der Waals surface area contributed by atoms with Gasteiger partial charge in [0.25, 0.3) is 0 Å². The molecule has 21 heavy (non-hydrogen) atoms. The molecule has 0 aliphatic heterocycles. The lowest BCUT2D eigenvalue weighted by atomic mass is 9.96. The molecule has 0 atom stereocenters. The summed E-state index contributed by atoms with van der Waals surface area (Å²) in [6.45, 7) is 18.4. The third-order valence-corrected chi connectivity index (χ3v) is 3.18. The van der Waals surface area contributed by atoms with Crippen molar-refractivity contribution in [1.82, 2.24) is 0 Å². The third kappa shape index (κ3) is 4.32. The van der Waals surface area contributed by atoms with Gasteiger partial charge in [0.2, 0.25) is 0 Å². The quantitative estimate of drug-likeness (QED) is 0.653. The van der Waals surface area contributed by atoms with E-state index in [1.807, 2.05) is 34.6 Å². The van der Waals surface area contributed by atoms with Gasteiger partial charge in [-0.05, 0) is 53.1 Å². The van der Waals surface area contributed by atoms with Crippen LogP contribution in [0.2, 0.25) is 0 Å². The Kier molecular flexibility index (Phi) is 9.12. The first-order valence-electron chi connectivity index (χ1n) is 7.99. The summed E-state index contributed by atoms with van der Waals surface area (Å²) in [5.74, 6) is 0. The van der Waals surface area contributed by atoms with E-state index in [9.17, 15) is 0 Å². The summed E-state index contributed by atoms with van der Waals surface area (Å²) >= 11 is 0. The molecule has 114 valence electrons. The minimum Gasteiger partial charge on any atom is -0.0911 e. The van der Waals surface area contributed by atoms with Crippen molar-refractivity contribution in [3.63, 3.8) is 0 Å². The Balaban J connectivity index is 0.000000921. The zero-order valence-corrected chi connectivity index (χ0v) is 14.7. The normalized spacial score (nSPS) is 10.9. The minimum atomic E-state index is 1.10. The molecule has 0 spiro atoms. The van der Waals surface area contributed by atoms with Crippen LogP contribution in [0, 0.1) is 6.92 Å². The standard InChI is InChI=1S/C17H18.2C2H6/c1-5-7-15-11-9-12(3)16-14(6-2)10-8-13(4)17(15)16;2*1-2/h5-11H,4H2,1-3H3;2*1-2H3/b7-5-,14-6-;;. The molecule has 0 nitrogen and oxygen atoms in total. The van der Waals surface area contributed by atoms with Crippen LogP contribution < -0.4 is 10.4 Å². The highest BCUT2D eigenvalue weighted by molar-refractivity contribution is 5.93. The molecule has 0 fully saturated rings. The van der Waals surface area contributed by atoms with Gasteiger partial charge in [-0.25, -0.2) is 0 Å². The highest BCUT2D eigenvalue weighted by Gasteiger charge is 2.03. The van der Waals surface area contributed by atoms with E-state index in [0.29, 0.717) is 0 Å². The van der Waals surface area contributed by atoms with E-state index in [2.05, 4.69) is 62.9 Å². The number of rotatable bonds is 1. The predicted octanol–water partition coefficient (Wildman–Crippen LogP) is 5.44. The fraction of sp³-hybridized carbons (Fsp3) is 0.333. The Morgan fingerprint density at radius 3 is 2.00 bits per heavy atom. The zero-order chi connectivity index (χ0) is 16.4. The monoisotopic (exact) mass is 282 g/mol. The Labute approximate surface area is 130 Å². The van der Waals surface area contributed by atoms with Crippen LogP contribution in [0.3, 0.4) is 0 Å². The van der Waals surface area contributed by atoms with E-state index < -0.39 is 0 Å². The second-order valence-corrected chi connectivity index (χ2v) is 4.32. The van der Waals surface area contributed by atoms with E-state index in [0.717, 1.165) is 5.22 Å². The molecule has 0 saturated heterocycles. The van der Waals surface area contributed by atoms with Crippen LogP contribution in [0.1, 0.15) is 52.7 Å². The van der Waals surface area contributed by atoms with Crippen molar-refractivity contribution in [2.45, 2.75) is 48.5 Å². The van der Waals surface area contributed by atoms with Crippen LogP contribution in [0.25, 0.3) is 29.5 Å². The number of hydrogen-bond acceptors (Lipinski definition) is 0. The van der Waals surface area contributed by atoms with E-state index in [4.69, 9.17) is 0 Å². The molecule has 2 rings (SSSR count). The number of fused-ring (bicyclic) bond motifs is 1. The Morgan fingerprint density at radius 2 is 1.48 bits per heavy atom. The van der Waals surface area contributed by atoms with E-state index in [1.165, 1.54) is 27.1 Å². The summed E-state index contributed by atoms with van der Waals surface area (Å²) in [4.78, 5) is 0. The van der Waals surface area contributed by atoms with Crippen molar-refractivity contribution in [2.24, 2.45) is 0 Å². The van der Waals surface area contributed by atoms with Crippen molar-refractivity contribution >= 4 is 29.5 Å². The first kappa shape index (κ1) is 19.2. The average Bonchev–Trinajstić information content (AvgIpc) is 2.54. The van der Waals surface area contributed by atoms with Gasteiger partial charge in [0, 0.05) is 0 Å². The maximum atomic E-state index is 4.16.